The molecule has 0 aromatic heterocycles. The van der Waals surface area contributed by atoms with Gasteiger partial charge in [0.25, 0.3) is 11.1 Å². The normalized spacial score (nSPS) is 16.1. The van der Waals surface area contributed by atoms with Gasteiger partial charge in [-0.15, -0.1) is 0 Å². The molecule has 1 atom stereocenters. The van der Waals surface area contributed by atoms with Crippen molar-refractivity contribution in [2.75, 3.05) is 20.3 Å². The minimum Gasteiger partial charge on any atom is -0.493 e. The SMILES string of the molecule is CC[C@@H](C)OC(=O)CN1C(=O)S/C(=C/c2cccc(OC)c2OCC(=O)O)C1=O. The Morgan fingerprint density at radius 2 is 2.03 bits per heavy atom. The highest BCUT2D eigenvalue weighted by molar-refractivity contribution is 8.18. The van der Waals surface area contributed by atoms with Crippen molar-refractivity contribution in [1.29, 1.82) is 0 Å². The van der Waals surface area contributed by atoms with Crippen molar-refractivity contribution in [3.8, 4) is 11.5 Å². The van der Waals surface area contributed by atoms with Gasteiger partial charge in [0.2, 0.25) is 0 Å². The molecule has 1 N–H and O–H groups in total. The lowest BCUT2D eigenvalue weighted by atomic mass is 10.1. The van der Waals surface area contributed by atoms with Gasteiger partial charge in [0.15, 0.2) is 18.1 Å². The van der Waals surface area contributed by atoms with Crippen molar-refractivity contribution < 1.29 is 38.5 Å². The summed E-state index contributed by atoms with van der Waals surface area (Å²) in [6, 6.07) is 4.79. The number of aliphatic carboxylic acids is 1. The largest absolute Gasteiger partial charge is 0.493 e. The molecule has 0 radical (unpaired) electrons. The first-order valence-electron chi connectivity index (χ1n) is 8.73. The molecule has 0 unspecified atom stereocenters. The summed E-state index contributed by atoms with van der Waals surface area (Å²) in [5.74, 6) is -2.10. The minimum absolute atomic E-state index is 0.0692. The van der Waals surface area contributed by atoms with Gasteiger partial charge in [0.05, 0.1) is 18.1 Å². The van der Waals surface area contributed by atoms with Crippen LogP contribution in [-0.4, -0.2) is 59.5 Å². The van der Waals surface area contributed by atoms with E-state index >= 15 is 0 Å². The molecule has 1 fully saturated rings. The van der Waals surface area contributed by atoms with E-state index in [9.17, 15) is 19.2 Å². The van der Waals surface area contributed by atoms with Crippen LogP contribution in [0.25, 0.3) is 6.08 Å². The summed E-state index contributed by atoms with van der Waals surface area (Å²) >= 11 is 0.668. The summed E-state index contributed by atoms with van der Waals surface area (Å²) in [6.07, 6.45) is 1.69. The Labute approximate surface area is 171 Å². The Morgan fingerprint density at radius 3 is 2.66 bits per heavy atom. The summed E-state index contributed by atoms with van der Waals surface area (Å²) < 4.78 is 15.6. The molecule has 0 saturated carbocycles. The summed E-state index contributed by atoms with van der Waals surface area (Å²) in [4.78, 5) is 48.4. The lowest BCUT2D eigenvalue weighted by Gasteiger charge is -2.15. The number of methoxy groups -OCH3 is 1. The molecular formula is C19H21NO8S. The van der Waals surface area contributed by atoms with Gasteiger partial charge in [-0.25, -0.2) is 4.79 Å². The highest BCUT2D eigenvalue weighted by atomic mass is 32.2. The average Bonchev–Trinajstić information content (AvgIpc) is 2.93. The number of carboxylic acids is 1. The second kappa shape index (κ2) is 9.97. The monoisotopic (exact) mass is 423 g/mol. The van der Waals surface area contributed by atoms with Crippen LogP contribution >= 0.6 is 11.8 Å². The van der Waals surface area contributed by atoms with Crippen LogP contribution in [0, 0.1) is 0 Å². The highest BCUT2D eigenvalue weighted by Gasteiger charge is 2.37. The molecule has 1 aliphatic heterocycles. The fraction of sp³-hybridized carbons (Fsp3) is 0.368. The summed E-state index contributed by atoms with van der Waals surface area (Å²) in [5, 5.41) is 8.26. The second-order valence-corrected chi connectivity index (χ2v) is 7.03. The molecule has 1 aromatic carbocycles. The molecule has 10 heteroatoms. The molecule has 9 nitrogen and oxygen atoms in total. The molecular weight excluding hydrogens is 402 g/mol. The molecule has 29 heavy (non-hydrogen) atoms. The van der Waals surface area contributed by atoms with Crippen molar-refractivity contribution in [1.82, 2.24) is 4.90 Å². The number of imide groups is 1. The van der Waals surface area contributed by atoms with Gasteiger partial charge in [-0.2, -0.15) is 0 Å². The number of thioether (sulfide) groups is 1. The second-order valence-electron chi connectivity index (χ2n) is 6.04. The lowest BCUT2D eigenvalue weighted by Crippen LogP contribution is -2.35. The van der Waals surface area contributed by atoms with E-state index < -0.39 is 36.2 Å². The number of hydrogen-bond acceptors (Lipinski definition) is 8. The third-order valence-electron chi connectivity index (χ3n) is 3.92. The number of hydrogen-bond donors (Lipinski definition) is 1. The van der Waals surface area contributed by atoms with E-state index in [0.29, 0.717) is 23.7 Å². The van der Waals surface area contributed by atoms with Crippen LogP contribution in [0.4, 0.5) is 4.79 Å². The molecule has 0 aliphatic carbocycles. The number of para-hydroxylation sites is 1. The molecule has 0 bridgehead atoms. The standard InChI is InChI=1S/C19H21NO8S/c1-4-11(2)28-16(23)9-20-18(24)14(29-19(20)25)8-12-6-5-7-13(26-3)17(12)27-10-15(21)22/h5-8,11H,4,9-10H2,1-3H3,(H,21,22)/b14-8+/t11-/m1/s1. The van der Waals surface area contributed by atoms with Gasteiger partial charge in [0, 0.05) is 5.56 Å². The van der Waals surface area contributed by atoms with Gasteiger partial charge >= 0.3 is 11.9 Å². The number of amides is 2. The maximum Gasteiger partial charge on any atom is 0.341 e. The van der Waals surface area contributed by atoms with E-state index in [-0.39, 0.29) is 22.5 Å². The van der Waals surface area contributed by atoms with Crippen LogP contribution in [0.5, 0.6) is 11.5 Å². The number of ether oxygens (including phenoxy) is 3. The predicted octanol–water partition coefficient (Wildman–Crippen LogP) is 2.54. The molecule has 1 aromatic rings. The first kappa shape index (κ1) is 22.3. The Morgan fingerprint density at radius 1 is 1.31 bits per heavy atom. The zero-order valence-electron chi connectivity index (χ0n) is 16.2. The quantitative estimate of drug-likeness (QED) is 0.472. The molecule has 1 heterocycles. The molecule has 156 valence electrons. The summed E-state index contributed by atoms with van der Waals surface area (Å²) in [7, 11) is 1.39. The Bertz CT molecular complexity index is 851. The number of carboxylic acid groups (broad SMARTS) is 1. The van der Waals surface area contributed by atoms with Gasteiger partial charge in [-0.05, 0) is 37.2 Å². The zero-order valence-corrected chi connectivity index (χ0v) is 17.0. The number of benzene rings is 1. The Hall–Kier alpha value is -3.01. The topological polar surface area (TPSA) is 119 Å². The first-order valence-corrected chi connectivity index (χ1v) is 9.54. The molecule has 2 amide bonds. The van der Waals surface area contributed by atoms with Crippen molar-refractivity contribution in [2.24, 2.45) is 0 Å². The Kier molecular flexibility index (Phi) is 7.66. The van der Waals surface area contributed by atoms with Crippen LogP contribution in [0.1, 0.15) is 25.8 Å². The third kappa shape index (κ3) is 5.74. The number of esters is 1. The zero-order chi connectivity index (χ0) is 21.6. The fourth-order valence-corrected chi connectivity index (χ4v) is 3.18. The molecule has 0 spiro atoms. The minimum atomic E-state index is -1.18. The number of nitrogens with zero attached hydrogens (tertiary/aromatic N) is 1. The first-order chi connectivity index (χ1) is 13.8. The van der Waals surface area contributed by atoms with E-state index in [2.05, 4.69) is 0 Å². The van der Waals surface area contributed by atoms with Crippen LogP contribution < -0.4 is 9.47 Å². The lowest BCUT2D eigenvalue weighted by molar-refractivity contribution is -0.150. The average molecular weight is 423 g/mol. The number of rotatable bonds is 9. The summed E-state index contributed by atoms with van der Waals surface area (Å²) in [6.45, 7) is 2.48. The van der Waals surface area contributed by atoms with Gasteiger partial charge in [-0.1, -0.05) is 19.1 Å². The van der Waals surface area contributed by atoms with Crippen LogP contribution in [0.15, 0.2) is 23.1 Å². The van der Waals surface area contributed by atoms with Crippen molar-refractivity contribution >= 4 is 40.9 Å². The maximum absolute atomic E-state index is 12.6. The van der Waals surface area contributed by atoms with Gasteiger partial charge in [-0.3, -0.25) is 19.3 Å². The molecule has 2 rings (SSSR count). The molecule has 1 aliphatic rings. The van der Waals surface area contributed by atoms with Crippen molar-refractivity contribution in [3.63, 3.8) is 0 Å². The smallest absolute Gasteiger partial charge is 0.341 e. The van der Waals surface area contributed by atoms with Gasteiger partial charge in [0.1, 0.15) is 6.54 Å². The fourth-order valence-electron chi connectivity index (χ4n) is 2.35. The van der Waals surface area contributed by atoms with Gasteiger partial charge < -0.3 is 19.3 Å². The van der Waals surface area contributed by atoms with Crippen LogP contribution in [0.2, 0.25) is 0 Å². The highest BCUT2D eigenvalue weighted by Crippen LogP contribution is 2.37. The maximum atomic E-state index is 12.6. The van der Waals surface area contributed by atoms with E-state index in [4.69, 9.17) is 19.3 Å². The van der Waals surface area contributed by atoms with E-state index in [1.165, 1.54) is 13.2 Å². The predicted molar refractivity (Wildman–Crippen MR) is 105 cm³/mol. The number of carbonyl (C=O) groups is 4. The third-order valence-corrected chi connectivity index (χ3v) is 4.83. The Balaban J connectivity index is 2.25. The van der Waals surface area contributed by atoms with Crippen LogP contribution in [0.3, 0.4) is 0 Å². The summed E-state index contributed by atoms with van der Waals surface area (Å²) in [5.41, 5.74) is 0.360. The van der Waals surface area contributed by atoms with E-state index in [1.54, 1.807) is 25.1 Å². The molecule has 1 saturated heterocycles. The van der Waals surface area contributed by atoms with E-state index in [1.807, 2.05) is 6.92 Å². The van der Waals surface area contributed by atoms with E-state index in [0.717, 1.165) is 4.90 Å². The van der Waals surface area contributed by atoms with Crippen LogP contribution in [-0.2, 0) is 19.1 Å². The van der Waals surface area contributed by atoms with Crippen molar-refractivity contribution in [2.45, 2.75) is 26.4 Å². The van der Waals surface area contributed by atoms with Crippen molar-refractivity contribution in [3.05, 3.63) is 28.7 Å². The number of carbonyl (C=O) groups excluding carboxylic acids is 3.